The summed E-state index contributed by atoms with van der Waals surface area (Å²) >= 11 is 0. The standard InChI is InChI=1S/C5H12N4O/c1-4(10)9-5(7)8-3-2-6/h2-3,6H2,1H3,(H3,7,8,9,10). The topological polar surface area (TPSA) is 93.5 Å². The molecule has 0 aromatic carbocycles. The van der Waals surface area contributed by atoms with Crippen molar-refractivity contribution in [1.29, 1.82) is 0 Å². The lowest BCUT2D eigenvalue weighted by Gasteiger charge is -1.98. The van der Waals surface area contributed by atoms with Crippen LogP contribution >= 0.6 is 0 Å². The second kappa shape index (κ2) is 4.75. The van der Waals surface area contributed by atoms with Crippen LogP contribution in [0.1, 0.15) is 6.92 Å². The van der Waals surface area contributed by atoms with Crippen molar-refractivity contribution in [1.82, 2.24) is 5.32 Å². The van der Waals surface area contributed by atoms with Crippen molar-refractivity contribution < 1.29 is 4.79 Å². The zero-order valence-corrected chi connectivity index (χ0v) is 5.92. The Balaban J connectivity index is 3.59. The van der Waals surface area contributed by atoms with E-state index in [1.165, 1.54) is 6.92 Å². The predicted molar refractivity (Wildman–Crippen MR) is 39.4 cm³/mol. The van der Waals surface area contributed by atoms with Gasteiger partial charge >= 0.3 is 0 Å². The number of guanidine groups is 1. The minimum Gasteiger partial charge on any atom is -0.370 e. The number of carbonyl (C=O) groups is 1. The molecule has 0 heterocycles. The maximum atomic E-state index is 10.3. The largest absolute Gasteiger partial charge is 0.370 e. The molecule has 0 rings (SSSR count). The van der Waals surface area contributed by atoms with Gasteiger partial charge in [-0.3, -0.25) is 15.1 Å². The van der Waals surface area contributed by atoms with E-state index in [0.29, 0.717) is 13.1 Å². The van der Waals surface area contributed by atoms with Crippen LogP contribution in [0.25, 0.3) is 0 Å². The van der Waals surface area contributed by atoms with Crippen LogP contribution in [0.15, 0.2) is 4.99 Å². The first kappa shape index (κ1) is 8.90. The Hall–Kier alpha value is -1.10. The number of nitrogens with one attached hydrogen (secondary N) is 1. The summed E-state index contributed by atoms with van der Waals surface area (Å²) in [7, 11) is 0. The molecule has 0 spiro atoms. The van der Waals surface area contributed by atoms with Crippen LogP contribution in [-0.4, -0.2) is 25.0 Å². The molecular formula is C5H12N4O. The summed E-state index contributed by atoms with van der Waals surface area (Å²) in [6.45, 7) is 2.23. The van der Waals surface area contributed by atoms with Crippen molar-refractivity contribution in [2.24, 2.45) is 16.5 Å². The van der Waals surface area contributed by atoms with Crippen molar-refractivity contribution in [2.75, 3.05) is 13.1 Å². The second-order valence-electron chi connectivity index (χ2n) is 1.74. The van der Waals surface area contributed by atoms with Gasteiger partial charge in [0.25, 0.3) is 0 Å². The fourth-order valence-corrected chi connectivity index (χ4v) is 0.405. The van der Waals surface area contributed by atoms with Gasteiger partial charge < -0.3 is 11.5 Å². The molecule has 10 heavy (non-hydrogen) atoms. The molecule has 0 radical (unpaired) electrons. The fourth-order valence-electron chi connectivity index (χ4n) is 0.405. The number of nitrogens with zero attached hydrogens (tertiary/aromatic N) is 1. The van der Waals surface area contributed by atoms with Crippen molar-refractivity contribution in [3.05, 3.63) is 0 Å². The van der Waals surface area contributed by atoms with Crippen LogP contribution in [-0.2, 0) is 4.79 Å². The van der Waals surface area contributed by atoms with E-state index >= 15 is 0 Å². The molecule has 5 N–H and O–H groups in total. The zero-order valence-electron chi connectivity index (χ0n) is 5.92. The number of rotatable bonds is 2. The van der Waals surface area contributed by atoms with Crippen molar-refractivity contribution in [2.45, 2.75) is 6.92 Å². The van der Waals surface area contributed by atoms with Crippen LogP contribution in [0.2, 0.25) is 0 Å². The molecule has 5 heteroatoms. The average molecular weight is 144 g/mol. The number of amides is 1. The molecule has 5 nitrogen and oxygen atoms in total. The number of carbonyl (C=O) groups excluding carboxylic acids is 1. The van der Waals surface area contributed by atoms with E-state index in [-0.39, 0.29) is 11.9 Å². The summed E-state index contributed by atoms with van der Waals surface area (Å²) in [5, 5.41) is 2.31. The first-order chi connectivity index (χ1) is 4.66. The van der Waals surface area contributed by atoms with E-state index in [9.17, 15) is 4.79 Å². The molecular weight excluding hydrogens is 132 g/mol. The van der Waals surface area contributed by atoms with Gasteiger partial charge in [0, 0.05) is 13.5 Å². The van der Waals surface area contributed by atoms with Crippen LogP contribution in [0.4, 0.5) is 0 Å². The van der Waals surface area contributed by atoms with Gasteiger partial charge in [0.2, 0.25) is 5.91 Å². The van der Waals surface area contributed by atoms with Crippen LogP contribution < -0.4 is 16.8 Å². The monoisotopic (exact) mass is 144 g/mol. The lowest BCUT2D eigenvalue weighted by Crippen LogP contribution is -2.35. The Labute approximate surface area is 59.5 Å². The molecule has 0 fully saturated rings. The molecule has 0 aliphatic carbocycles. The number of nitrogens with two attached hydrogens (primary N) is 2. The summed E-state index contributed by atoms with van der Waals surface area (Å²) in [6.07, 6.45) is 0. The van der Waals surface area contributed by atoms with Gasteiger partial charge in [-0.05, 0) is 0 Å². The lowest BCUT2D eigenvalue weighted by molar-refractivity contribution is -0.117. The maximum Gasteiger partial charge on any atom is 0.223 e. The third-order valence-electron chi connectivity index (χ3n) is 0.715. The third kappa shape index (κ3) is 5.04. The Morgan fingerprint density at radius 1 is 1.70 bits per heavy atom. The molecule has 0 bridgehead atoms. The summed E-state index contributed by atoms with van der Waals surface area (Å²) in [5.74, 6) is -0.101. The molecule has 0 saturated carbocycles. The van der Waals surface area contributed by atoms with Gasteiger partial charge in [-0.25, -0.2) is 0 Å². The maximum absolute atomic E-state index is 10.3. The molecule has 0 aliphatic heterocycles. The highest BCUT2D eigenvalue weighted by Gasteiger charge is 1.91. The number of hydrogen-bond donors (Lipinski definition) is 3. The molecule has 0 aromatic heterocycles. The van der Waals surface area contributed by atoms with Gasteiger partial charge in [-0.2, -0.15) is 0 Å². The van der Waals surface area contributed by atoms with Crippen LogP contribution in [0, 0.1) is 0 Å². The Morgan fingerprint density at radius 2 is 2.30 bits per heavy atom. The summed E-state index contributed by atoms with van der Waals surface area (Å²) in [4.78, 5) is 14.0. The van der Waals surface area contributed by atoms with Gasteiger partial charge in [0.05, 0.1) is 6.54 Å². The zero-order chi connectivity index (χ0) is 7.98. The summed E-state index contributed by atoms with van der Waals surface area (Å²) in [5.41, 5.74) is 10.4. The van der Waals surface area contributed by atoms with E-state index in [4.69, 9.17) is 11.5 Å². The van der Waals surface area contributed by atoms with Crippen LogP contribution in [0.5, 0.6) is 0 Å². The highest BCUT2D eigenvalue weighted by atomic mass is 16.1. The second-order valence-corrected chi connectivity index (χ2v) is 1.74. The normalized spacial score (nSPS) is 11.2. The molecule has 0 aromatic rings. The highest BCUT2D eigenvalue weighted by Crippen LogP contribution is 1.66. The average Bonchev–Trinajstić information content (AvgIpc) is 1.82. The Morgan fingerprint density at radius 3 is 2.70 bits per heavy atom. The molecule has 0 unspecified atom stereocenters. The van der Waals surface area contributed by atoms with E-state index in [2.05, 4.69) is 10.3 Å². The number of hydrogen-bond acceptors (Lipinski definition) is 3. The van der Waals surface area contributed by atoms with Gasteiger partial charge in [-0.15, -0.1) is 0 Å². The molecule has 0 aliphatic rings. The van der Waals surface area contributed by atoms with Crippen molar-refractivity contribution in [3.63, 3.8) is 0 Å². The predicted octanol–water partition coefficient (Wildman–Crippen LogP) is -1.60. The summed E-state index contributed by atoms with van der Waals surface area (Å²) in [6, 6.07) is 0. The van der Waals surface area contributed by atoms with Crippen molar-refractivity contribution in [3.8, 4) is 0 Å². The van der Waals surface area contributed by atoms with Crippen LogP contribution in [0.3, 0.4) is 0 Å². The minimum absolute atomic E-state index is 0.123. The van der Waals surface area contributed by atoms with Crippen molar-refractivity contribution >= 4 is 11.9 Å². The van der Waals surface area contributed by atoms with Gasteiger partial charge in [-0.1, -0.05) is 0 Å². The molecule has 0 saturated heterocycles. The first-order valence-electron chi connectivity index (χ1n) is 2.94. The minimum atomic E-state index is -0.224. The number of aliphatic imine (C=N–C) groups is 1. The smallest absolute Gasteiger partial charge is 0.223 e. The Bertz CT molecular complexity index is 143. The van der Waals surface area contributed by atoms with E-state index in [1.807, 2.05) is 0 Å². The van der Waals surface area contributed by atoms with Gasteiger partial charge in [0.15, 0.2) is 5.96 Å². The molecule has 1 amide bonds. The quantitative estimate of drug-likeness (QED) is 0.321. The Kier molecular flexibility index (Phi) is 4.23. The molecule has 0 atom stereocenters. The van der Waals surface area contributed by atoms with E-state index in [0.717, 1.165) is 0 Å². The first-order valence-corrected chi connectivity index (χ1v) is 2.94. The highest BCUT2D eigenvalue weighted by molar-refractivity contribution is 5.94. The molecule has 58 valence electrons. The lowest BCUT2D eigenvalue weighted by atomic mass is 10.6. The van der Waals surface area contributed by atoms with E-state index in [1.54, 1.807) is 0 Å². The third-order valence-corrected chi connectivity index (χ3v) is 0.715. The summed E-state index contributed by atoms with van der Waals surface area (Å²) < 4.78 is 0. The van der Waals surface area contributed by atoms with E-state index < -0.39 is 0 Å². The SMILES string of the molecule is CC(=O)NC(N)=NCCN. The fraction of sp³-hybridized carbons (Fsp3) is 0.600. The van der Waals surface area contributed by atoms with Gasteiger partial charge in [0.1, 0.15) is 0 Å².